The van der Waals surface area contributed by atoms with Crippen molar-refractivity contribution in [1.29, 1.82) is 5.41 Å². The first-order valence-corrected chi connectivity index (χ1v) is 7.40. The summed E-state index contributed by atoms with van der Waals surface area (Å²) in [6.07, 6.45) is 0. The maximum Gasteiger partial charge on any atom is 0.124 e. The molecule has 2 rings (SSSR count). The minimum absolute atomic E-state index is 0.0733. The average molecular weight is 339 g/mol. The molecule has 0 aliphatic heterocycles. The summed E-state index contributed by atoms with van der Waals surface area (Å²) >= 11 is 5.05. The van der Waals surface area contributed by atoms with Gasteiger partial charge in [0.05, 0.1) is 17.7 Å². The number of amidine groups is 1. The van der Waals surface area contributed by atoms with Gasteiger partial charge in [0.2, 0.25) is 0 Å². The Kier molecular flexibility index (Phi) is 4.21. The smallest absolute Gasteiger partial charge is 0.124 e. The van der Waals surface area contributed by atoms with Crippen molar-refractivity contribution in [2.75, 3.05) is 11.9 Å². The molecule has 0 amide bonds. The van der Waals surface area contributed by atoms with Crippen molar-refractivity contribution in [3.05, 3.63) is 44.3 Å². The third kappa shape index (κ3) is 3.13. The molecule has 0 saturated heterocycles. The lowest BCUT2D eigenvalue weighted by Gasteiger charge is -2.22. The number of hydrogen-bond acceptors (Lipinski definition) is 4. The summed E-state index contributed by atoms with van der Waals surface area (Å²) in [6.45, 7) is 2.77. The van der Waals surface area contributed by atoms with E-state index in [4.69, 9.17) is 11.1 Å². The van der Waals surface area contributed by atoms with Crippen molar-refractivity contribution < 1.29 is 0 Å². The summed E-state index contributed by atoms with van der Waals surface area (Å²) in [5.41, 5.74) is 10.2. The number of benzene rings is 1. The zero-order valence-corrected chi connectivity index (χ0v) is 13.2. The fourth-order valence-corrected chi connectivity index (χ4v) is 3.03. The zero-order valence-electron chi connectivity index (χ0n) is 10.8. The highest BCUT2D eigenvalue weighted by Gasteiger charge is 2.12. The number of rotatable bonds is 4. The average Bonchev–Trinajstić information content (AvgIpc) is 2.74. The zero-order chi connectivity index (χ0) is 14.0. The second-order valence-corrected chi connectivity index (χ2v) is 6.15. The van der Waals surface area contributed by atoms with E-state index in [1.54, 1.807) is 11.3 Å². The first kappa shape index (κ1) is 14.0. The number of nitrogen functional groups attached to an aromatic ring is 1. The molecule has 0 fully saturated rings. The number of anilines is 1. The number of aryl methyl sites for hydroxylation is 1. The number of nitrogens with two attached hydrogens (primary N) is 1. The molecule has 100 valence electrons. The molecule has 0 spiro atoms. The minimum Gasteiger partial charge on any atom is -0.384 e. The van der Waals surface area contributed by atoms with Gasteiger partial charge in [-0.25, -0.2) is 4.98 Å². The van der Waals surface area contributed by atoms with Crippen LogP contribution in [0.4, 0.5) is 5.69 Å². The van der Waals surface area contributed by atoms with E-state index in [1.807, 2.05) is 37.7 Å². The molecule has 0 bridgehead atoms. The van der Waals surface area contributed by atoms with Gasteiger partial charge in [-0.05, 0) is 25.1 Å². The number of hydrogen-bond donors (Lipinski definition) is 2. The quantitative estimate of drug-likeness (QED) is 0.664. The first-order chi connectivity index (χ1) is 8.99. The van der Waals surface area contributed by atoms with E-state index in [0.29, 0.717) is 0 Å². The van der Waals surface area contributed by atoms with Crippen LogP contribution < -0.4 is 10.6 Å². The van der Waals surface area contributed by atoms with Gasteiger partial charge >= 0.3 is 0 Å². The Morgan fingerprint density at radius 2 is 2.26 bits per heavy atom. The summed E-state index contributed by atoms with van der Waals surface area (Å²) in [5.74, 6) is 0.0733. The minimum atomic E-state index is 0.0733. The Hall–Kier alpha value is -1.40. The van der Waals surface area contributed by atoms with Crippen molar-refractivity contribution >= 4 is 38.8 Å². The summed E-state index contributed by atoms with van der Waals surface area (Å²) in [7, 11) is 1.99. The molecule has 3 N–H and O–H groups in total. The van der Waals surface area contributed by atoms with Gasteiger partial charge in [-0.15, -0.1) is 11.3 Å². The van der Waals surface area contributed by atoms with Crippen LogP contribution in [0.3, 0.4) is 0 Å². The molecule has 1 aromatic carbocycles. The highest BCUT2D eigenvalue weighted by atomic mass is 79.9. The van der Waals surface area contributed by atoms with E-state index >= 15 is 0 Å². The highest BCUT2D eigenvalue weighted by molar-refractivity contribution is 9.10. The van der Waals surface area contributed by atoms with Crippen LogP contribution in [-0.4, -0.2) is 17.9 Å². The molecule has 0 aliphatic carbocycles. The van der Waals surface area contributed by atoms with Crippen molar-refractivity contribution in [3.8, 4) is 0 Å². The standard InChI is InChI=1S/C13H15BrN4S/c1-8-12(19-7-17-8)6-18(2)11-4-3-9(14)5-10(11)13(15)16/h3-5,7H,6H2,1-2H3,(H3,15,16). The number of aromatic nitrogens is 1. The van der Waals surface area contributed by atoms with Crippen LogP contribution in [0.15, 0.2) is 28.2 Å². The lowest BCUT2D eigenvalue weighted by atomic mass is 10.1. The molecule has 0 radical (unpaired) electrons. The molecule has 4 nitrogen and oxygen atoms in total. The first-order valence-electron chi connectivity index (χ1n) is 5.73. The van der Waals surface area contributed by atoms with E-state index in [0.717, 1.165) is 28.0 Å². The number of nitrogens with zero attached hydrogens (tertiary/aromatic N) is 2. The number of halogens is 1. The van der Waals surface area contributed by atoms with Crippen LogP contribution in [0.1, 0.15) is 16.1 Å². The van der Waals surface area contributed by atoms with E-state index in [9.17, 15) is 0 Å². The lowest BCUT2D eigenvalue weighted by molar-refractivity contribution is 0.924. The molecule has 0 atom stereocenters. The fourth-order valence-electron chi connectivity index (χ4n) is 1.84. The van der Waals surface area contributed by atoms with E-state index < -0.39 is 0 Å². The summed E-state index contributed by atoms with van der Waals surface area (Å²) in [5, 5.41) is 7.68. The van der Waals surface area contributed by atoms with Crippen LogP contribution in [0.2, 0.25) is 0 Å². The Morgan fingerprint density at radius 3 is 2.84 bits per heavy atom. The van der Waals surface area contributed by atoms with Crippen molar-refractivity contribution in [1.82, 2.24) is 4.98 Å². The molecule has 0 unspecified atom stereocenters. The number of thiazole rings is 1. The lowest BCUT2D eigenvalue weighted by Crippen LogP contribution is -2.22. The molecule has 1 aromatic heterocycles. The largest absolute Gasteiger partial charge is 0.384 e. The predicted octanol–water partition coefficient (Wildman–Crippen LogP) is 3.13. The molecular weight excluding hydrogens is 324 g/mol. The summed E-state index contributed by atoms with van der Waals surface area (Å²) in [4.78, 5) is 7.56. The maximum absolute atomic E-state index is 7.68. The predicted molar refractivity (Wildman–Crippen MR) is 84.1 cm³/mol. The Labute approximate surface area is 124 Å². The van der Waals surface area contributed by atoms with E-state index in [1.165, 1.54) is 4.88 Å². The van der Waals surface area contributed by atoms with E-state index in [2.05, 4.69) is 25.8 Å². The van der Waals surface area contributed by atoms with Gasteiger partial charge in [0.15, 0.2) is 0 Å². The van der Waals surface area contributed by atoms with Gasteiger partial charge in [-0.3, -0.25) is 5.41 Å². The molecular formula is C13H15BrN4S. The van der Waals surface area contributed by atoms with Gasteiger partial charge in [0.1, 0.15) is 5.84 Å². The van der Waals surface area contributed by atoms with Crippen LogP contribution >= 0.6 is 27.3 Å². The molecule has 19 heavy (non-hydrogen) atoms. The summed E-state index contributed by atoms with van der Waals surface area (Å²) < 4.78 is 0.920. The van der Waals surface area contributed by atoms with Gasteiger partial charge in [-0.2, -0.15) is 0 Å². The second-order valence-electron chi connectivity index (χ2n) is 4.29. The van der Waals surface area contributed by atoms with Gasteiger partial charge in [0, 0.05) is 27.6 Å². The van der Waals surface area contributed by atoms with Crippen LogP contribution in [0.25, 0.3) is 0 Å². The van der Waals surface area contributed by atoms with Gasteiger partial charge < -0.3 is 10.6 Å². The van der Waals surface area contributed by atoms with Crippen molar-refractivity contribution in [2.45, 2.75) is 13.5 Å². The van der Waals surface area contributed by atoms with Crippen LogP contribution in [0, 0.1) is 12.3 Å². The Balaban J connectivity index is 2.31. The molecule has 0 saturated carbocycles. The SMILES string of the molecule is Cc1ncsc1CN(C)c1ccc(Br)cc1C(=N)N. The third-order valence-corrected chi connectivity index (χ3v) is 4.30. The van der Waals surface area contributed by atoms with Crippen LogP contribution in [-0.2, 0) is 6.54 Å². The van der Waals surface area contributed by atoms with Crippen molar-refractivity contribution in [2.24, 2.45) is 5.73 Å². The Morgan fingerprint density at radius 1 is 1.53 bits per heavy atom. The van der Waals surface area contributed by atoms with E-state index in [-0.39, 0.29) is 5.84 Å². The normalized spacial score (nSPS) is 10.5. The number of nitrogens with one attached hydrogen (secondary N) is 1. The molecule has 6 heteroatoms. The highest BCUT2D eigenvalue weighted by Crippen LogP contribution is 2.26. The fraction of sp³-hybridized carbons (Fsp3) is 0.231. The Bertz CT molecular complexity index is 608. The third-order valence-electron chi connectivity index (χ3n) is 2.89. The maximum atomic E-state index is 7.68. The molecule has 2 aromatic rings. The monoisotopic (exact) mass is 338 g/mol. The van der Waals surface area contributed by atoms with Crippen molar-refractivity contribution in [3.63, 3.8) is 0 Å². The van der Waals surface area contributed by atoms with Crippen LogP contribution in [0.5, 0.6) is 0 Å². The summed E-state index contributed by atoms with van der Waals surface area (Å²) in [6, 6.07) is 5.79. The van der Waals surface area contributed by atoms with Gasteiger partial charge in [-0.1, -0.05) is 15.9 Å². The topological polar surface area (TPSA) is 66.0 Å². The second kappa shape index (κ2) is 5.71. The molecule has 1 heterocycles. The van der Waals surface area contributed by atoms with Gasteiger partial charge in [0.25, 0.3) is 0 Å². The molecule has 0 aliphatic rings.